The average Bonchev–Trinajstić information content (AvgIpc) is 2.70. The number of aromatic nitrogens is 2. The molecule has 0 saturated heterocycles. The van der Waals surface area contributed by atoms with Crippen molar-refractivity contribution in [3.63, 3.8) is 0 Å². The number of carbonyl (C=O) groups is 1. The molecule has 1 amide bonds. The van der Waals surface area contributed by atoms with Gasteiger partial charge in [0, 0.05) is 16.9 Å². The third kappa shape index (κ3) is 5.09. The lowest BCUT2D eigenvalue weighted by atomic mass is 10.2. The van der Waals surface area contributed by atoms with Gasteiger partial charge in [-0.05, 0) is 42.5 Å². The number of ether oxygens (including phenoxy) is 1. The van der Waals surface area contributed by atoms with Crippen molar-refractivity contribution in [1.82, 2.24) is 9.97 Å². The molecule has 0 aliphatic heterocycles. The van der Waals surface area contributed by atoms with E-state index in [0.29, 0.717) is 22.7 Å². The quantitative estimate of drug-likeness (QED) is 0.539. The van der Waals surface area contributed by atoms with E-state index in [1.165, 1.54) is 6.07 Å². The zero-order valence-electron chi connectivity index (χ0n) is 14.8. The van der Waals surface area contributed by atoms with Crippen LogP contribution in [0.5, 0.6) is 5.75 Å². The Morgan fingerprint density at radius 3 is 2.59 bits per heavy atom. The summed E-state index contributed by atoms with van der Waals surface area (Å²) < 4.78 is 19.3. The predicted molar refractivity (Wildman–Crippen MR) is 106 cm³/mol. The lowest BCUT2D eigenvalue weighted by Crippen LogP contribution is -2.10. The van der Waals surface area contributed by atoms with Gasteiger partial charge in [0.05, 0.1) is 11.2 Å². The molecule has 146 valence electrons. The smallest absolute Gasteiger partial charge is 0.248 e. The number of amides is 1. The van der Waals surface area contributed by atoms with Crippen LogP contribution in [-0.4, -0.2) is 22.5 Å². The summed E-state index contributed by atoms with van der Waals surface area (Å²) >= 11 is 6.10. The molecule has 1 aromatic heterocycles. The Morgan fingerprint density at radius 2 is 1.93 bits per heavy atom. The van der Waals surface area contributed by atoms with Crippen molar-refractivity contribution in [2.45, 2.75) is 0 Å². The number of benzene rings is 2. The summed E-state index contributed by atoms with van der Waals surface area (Å²) in [6, 6.07) is 12.9. The molecule has 0 atom stereocenters. The molecular formula is C19H14ClFN6O2. The number of hydrogen-bond acceptors (Lipinski definition) is 7. The van der Waals surface area contributed by atoms with Crippen molar-refractivity contribution in [2.24, 2.45) is 5.73 Å². The fourth-order valence-electron chi connectivity index (χ4n) is 2.30. The summed E-state index contributed by atoms with van der Waals surface area (Å²) in [5.74, 6) is -0.799. The fourth-order valence-corrected chi connectivity index (χ4v) is 2.54. The first-order chi connectivity index (χ1) is 14.0. The molecule has 1 heterocycles. The number of nitrogens with one attached hydrogen (secondary N) is 2. The van der Waals surface area contributed by atoms with E-state index in [4.69, 9.17) is 27.3 Å². The molecule has 8 nitrogen and oxygen atoms in total. The molecule has 10 heteroatoms. The Bertz CT molecular complexity index is 1090. The number of anilines is 4. The number of nitrogens with zero attached hydrogens (tertiary/aromatic N) is 3. The summed E-state index contributed by atoms with van der Waals surface area (Å²) in [6.45, 7) is -0.136. The summed E-state index contributed by atoms with van der Waals surface area (Å²) in [6.07, 6.45) is 1.02. The molecule has 0 fully saturated rings. The maximum Gasteiger partial charge on any atom is 0.248 e. The van der Waals surface area contributed by atoms with Gasteiger partial charge in [0.15, 0.2) is 18.2 Å². The zero-order chi connectivity index (χ0) is 20.8. The molecular weight excluding hydrogens is 399 g/mol. The standard InChI is InChI=1S/C19H14ClFN6O2/c20-14-9-13(5-6-16(14)29-8-7-22)25-18-15(21)10-24-19(27-18)26-12-3-1-11(2-4-12)17(23)28/h1-6,9-10H,8H2,(H2,23,28)(H2,24,25,26,27). The highest BCUT2D eigenvalue weighted by molar-refractivity contribution is 6.32. The van der Waals surface area contributed by atoms with Crippen LogP contribution in [0.1, 0.15) is 10.4 Å². The Hall–Kier alpha value is -3.90. The van der Waals surface area contributed by atoms with E-state index in [1.807, 2.05) is 6.07 Å². The van der Waals surface area contributed by atoms with E-state index in [2.05, 4.69) is 20.6 Å². The number of halogens is 2. The van der Waals surface area contributed by atoms with Gasteiger partial charge < -0.3 is 21.1 Å². The maximum atomic E-state index is 14.1. The van der Waals surface area contributed by atoms with Gasteiger partial charge in [0.1, 0.15) is 11.8 Å². The summed E-state index contributed by atoms with van der Waals surface area (Å²) in [4.78, 5) is 19.1. The normalized spacial score (nSPS) is 10.1. The Labute approximate surface area is 170 Å². The molecule has 3 aromatic rings. The Balaban J connectivity index is 1.76. The Morgan fingerprint density at radius 1 is 1.21 bits per heavy atom. The molecule has 3 rings (SSSR count). The summed E-state index contributed by atoms with van der Waals surface area (Å²) in [7, 11) is 0. The van der Waals surface area contributed by atoms with E-state index in [9.17, 15) is 9.18 Å². The summed E-state index contributed by atoms with van der Waals surface area (Å²) in [5, 5.41) is 14.5. The molecule has 0 bridgehead atoms. The van der Waals surface area contributed by atoms with Crippen molar-refractivity contribution >= 4 is 40.6 Å². The average molecular weight is 413 g/mol. The monoisotopic (exact) mass is 412 g/mol. The molecule has 2 aromatic carbocycles. The first-order valence-corrected chi connectivity index (χ1v) is 8.60. The lowest BCUT2D eigenvalue weighted by Gasteiger charge is -2.11. The van der Waals surface area contributed by atoms with Crippen LogP contribution in [-0.2, 0) is 0 Å². The van der Waals surface area contributed by atoms with Gasteiger partial charge in [-0.1, -0.05) is 11.6 Å². The first-order valence-electron chi connectivity index (χ1n) is 8.22. The number of nitriles is 1. The van der Waals surface area contributed by atoms with Crippen LogP contribution < -0.4 is 21.1 Å². The van der Waals surface area contributed by atoms with E-state index >= 15 is 0 Å². The van der Waals surface area contributed by atoms with Gasteiger partial charge >= 0.3 is 0 Å². The Kier molecular flexibility index (Phi) is 6.06. The molecule has 0 spiro atoms. The highest BCUT2D eigenvalue weighted by Crippen LogP contribution is 2.29. The largest absolute Gasteiger partial charge is 0.477 e. The summed E-state index contributed by atoms with van der Waals surface area (Å²) in [5.41, 5.74) is 6.62. The second-order valence-corrected chi connectivity index (χ2v) is 6.08. The van der Waals surface area contributed by atoms with Gasteiger partial charge in [-0.3, -0.25) is 4.79 Å². The lowest BCUT2D eigenvalue weighted by molar-refractivity contribution is 0.100. The van der Waals surface area contributed by atoms with Crippen LogP contribution in [0.2, 0.25) is 5.02 Å². The number of primary amides is 1. The van der Waals surface area contributed by atoms with E-state index in [0.717, 1.165) is 6.20 Å². The van der Waals surface area contributed by atoms with E-state index in [-0.39, 0.29) is 23.4 Å². The van der Waals surface area contributed by atoms with E-state index in [1.54, 1.807) is 36.4 Å². The maximum absolute atomic E-state index is 14.1. The third-order valence-corrected chi connectivity index (χ3v) is 3.95. The van der Waals surface area contributed by atoms with Crippen LogP contribution in [0.25, 0.3) is 0 Å². The first kappa shape index (κ1) is 19.9. The van der Waals surface area contributed by atoms with Gasteiger partial charge in [0.25, 0.3) is 0 Å². The van der Waals surface area contributed by atoms with Crippen molar-refractivity contribution in [1.29, 1.82) is 5.26 Å². The molecule has 0 saturated carbocycles. The number of nitrogens with two attached hydrogens (primary N) is 1. The number of hydrogen-bond donors (Lipinski definition) is 3. The molecule has 29 heavy (non-hydrogen) atoms. The van der Waals surface area contributed by atoms with Crippen molar-refractivity contribution in [3.8, 4) is 11.8 Å². The fraction of sp³-hybridized carbons (Fsp3) is 0.0526. The van der Waals surface area contributed by atoms with Crippen LogP contribution in [0.3, 0.4) is 0 Å². The highest BCUT2D eigenvalue weighted by atomic mass is 35.5. The minimum absolute atomic E-state index is 0.0713. The predicted octanol–water partition coefficient (Wildman–Crippen LogP) is 3.76. The molecule has 4 N–H and O–H groups in total. The number of rotatable bonds is 7. The molecule has 0 aliphatic carbocycles. The third-order valence-electron chi connectivity index (χ3n) is 3.66. The van der Waals surface area contributed by atoms with Gasteiger partial charge in [-0.15, -0.1) is 0 Å². The van der Waals surface area contributed by atoms with Crippen molar-refractivity contribution in [2.75, 3.05) is 17.2 Å². The van der Waals surface area contributed by atoms with Crippen LogP contribution in [0, 0.1) is 17.1 Å². The molecule has 0 aliphatic rings. The van der Waals surface area contributed by atoms with Crippen molar-refractivity contribution in [3.05, 3.63) is 65.1 Å². The highest BCUT2D eigenvalue weighted by Gasteiger charge is 2.10. The van der Waals surface area contributed by atoms with Gasteiger partial charge in [-0.2, -0.15) is 10.2 Å². The molecule has 0 unspecified atom stereocenters. The topological polar surface area (TPSA) is 126 Å². The van der Waals surface area contributed by atoms with Crippen LogP contribution >= 0.6 is 11.6 Å². The van der Waals surface area contributed by atoms with Crippen molar-refractivity contribution < 1.29 is 13.9 Å². The van der Waals surface area contributed by atoms with Crippen LogP contribution in [0.4, 0.5) is 27.5 Å². The second kappa shape index (κ2) is 8.86. The van der Waals surface area contributed by atoms with Crippen LogP contribution in [0.15, 0.2) is 48.7 Å². The second-order valence-electron chi connectivity index (χ2n) is 5.67. The van der Waals surface area contributed by atoms with Gasteiger partial charge in [-0.25, -0.2) is 9.37 Å². The molecule has 0 radical (unpaired) electrons. The van der Waals surface area contributed by atoms with Gasteiger partial charge in [0.2, 0.25) is 11.9 Å². The van der Waals surface area contributed by atoms with E-state index < -0.39 is 11.7 Å². The SMILES string of the molecule is N#CCOc1ccc(Nc2nc(Nc3ccc(C(N)=O)cc3)ncc2F)cc1Cl. The minimum atomic E-state index is -0.666. The zero-order valence-corrected chi connectivity index (χ0v) is 15.6. The minimum Gasteiger partial charge on any atom is -0.477 e. The number of carbonyl (C=O) groups excluding carboxylic acids is 1.